The number of carbonyl (C=O) groups excluding carboxylic acids is 2. The predicted octanol–water partition coefficient (Wildman–Crippen LogP) is 0.921. The molecule has 0 bridgehead atoms. The summed E-state index contributed by atoms with van der Waals surface area (Å²) in [5.41, 5.74) is -0.0329. The molecule has 0 heterocycles. The lowest BCUT2D eigenvalue weighted by atomic mass is 10.1. The second kappa shape index (κ2) is 9.00. The van der Waals surface area contributed by atoms with E-state index in [0.717, 1.165) is 0 Å². The minimum Gasteiger partial charge on any atom is -0.356 e. The first-order chi connectivity index (χ1) is 9.54. The molecule has 0 aromatic heterocycles. The highest BCUT2D eigenvalue weighted by atomic mass is 16.5. The molecule has 0 spiro atoms. The van der Waals surface area contributed by atoms with Crippen LogP contribution >= 0.6 is 0 Å². The van der Waals surface area contributed by atoms with Gasteiger partial charge in [-0.3, -0.25) is 14.9 Å². The van der Waals surface area contributed by atoms with E-state index < -0.39 is 0 Å². The SMILES string of the molecule is CC(C)C(=O)N(C)CCN(C)C(=O)COCNC(C)(C)C. The molecule has 1 N–H and O–H groups in total. The molecule has 0 aromatic carbocycles. The Kier molecular flexibility index (Phi) is 8.51. The van der Waals surface area contributed by atoms with Crippen LogP contribution in [0.2, 0.25) is 0 Å². The lowest BCUT2D eigenvalue weighted by Gasteiger charge is -2.24. The van der Waals surface area contributed by atoms with Crippen molar-refractivity contribution in [1.29, 1.82) is 0 Å². The van der Waals surface area contributed by atoms with Crippen LogP contribution in [-0.2, 0) is 14.3 Å². The quantitative estimate of drug-likeness (QED) is 0.535. The molecular formula is C15H31N3O3. The first kappa shape index (κ1) is 19.9. The first-order valence-corrected chi connectivity index (χ1v) is 7.36. The summed E-state index contributed by atoms with van der Waals surface area (Å²) >= 11 is 0. The molecule has 0 saturated carbocycles. The van der Waals surface area contributed by atoms with Gasteiger partial charge in [-0.1, -0.05) is 13.8 Å². The summed E-state index contributed by atoms with van der Waals surface area (Å²) in [4.78, 5) is 26.8. The van der Waals surface area contributed by atoms with Gasteiger partial charge < -0.3 is 14.5 Å². The van der Waals surface area contributed by atoms with E-state index in [1.807, 2.05) is 34.6 Å². The first-order valence-electron chi connectivity index (χ1n) is 7.36. The lowest BCUT2D eigenvalue weighted by molar-refractivity contribution is -0.138. The van der Waals surface area contributed by atoms with Crippen molar-refractivity contribution >= 4 is 11.8 Å². The Bertz CT molecular complexity index is 338. The van der Waals surface area contributed by atoms with E-state index in [1.165, 1.54) is 0 Å². The summed E-state index contributed by atoms with van der Waals surface area (Å²) in [5, 5.41) is 3.15. The summed E-state index contributed by atoms with van der Waals surface area (Å²) in [6, 6.07) is 0. The van der Waals surface area contributed by atoms with Crippen molar-refractivity contribution in [3.05, 3.63) is 0 Å². The number of nitrogens with one attached hydrogen (secondary N) is 1. The van der Waals surface area contributed by atoms with Crippen molar-refractivity contribution in [2.45, 2.75) is 40.2 Å². The minimum atomic E-state index is -0.0869. The number of hydrogen-bond acceptors (Lipinski definition) is 4. The van der Waals surface area contributed by atoms with Crippen LogP contribution in [0.25, 0.3) is 0 Å². The second-order valence-electron chi connectivity index (χ2n) is 6.65. The zero-order valence-electron chi connectivity index (χ0n) is 14.5. The Hall–Kier alpha value is -1.14. The van der Waals surface area contributed by atoms with Gasteiger partial charge in [0.05, 0.1) is 6.73 Å². The molecule has 0 aromatic rings. The molecule has 0 aliphatic heterocycles. The predicted molar refractivity (Wildman–Crippen MR) is 83.8 cm³/mol. The standard InChI is InChI=1S/C15H31N3O3/c1-12(2)14(20)18(7)9-8-17(6)13(19)10-21-11-16-15(3,4)5/h12,16H,8-11H2,1-7H3. The average Bonchev–Trinajstić information content (AvgIpc) is 2.37. The number of nitrogens with zero attached hydrogens (tertiary/aromatic N) is 2. The van der Waals surface area contributed by atoms with Gasteiger partial charge in [-0.15, -0.1) is 0 Å². The highest BCUT2D eigenvalue weighted by Crippen LogP contribution is 1.99. The third-order valence-corrected chi connectivity index (χ3v) is 3.00. The number of amides is 2. The van der Waals surface area contributed by atoms with Crippen LogP contribution in [0.1, 0.15) is 34.6 Å². The molecule has 0 rings (SSSR count). The maximum atomic E-state index is 11.9. The Morgan fingerprint density at radius 1 is 1.10 bits per heavy atom. The molecule has 6 nitrogen and oxygen atoms in total. The summed E-state index contributed by atoms with van der Waals surface area (Å²) < 4.78 is 5.30. The van der Waals surface area contributed by atoms with Crippen molar-refractivity contribution in [2.24, 2.45) is 5.92 Å². The van der Waals surface area contributed by atoms with Crippen LogP contribution in [0.5, 0.6) is 0 Å². The Morgan fingerprint density at radius 3 is 2.10 bits per heavy atom. The van der Waals surface area contributed by atoms with Crippen LogP contribution in [0, 0.1) is 5.92 Å². The van der Waals surface area contributed by atoms with E-state index in [-0.39, 0.29) is 29.9 Å². The molecule has 2 amide bonds. The Balaban J connectivity index is 3.93. The number of hydrogen-bond donors (Lipinski definition) is 1. The van der Waals surface area contributed by atoms with Crippen molar-refractivity contribution < 1.29 is 14.3 Å². The van der Waals surface area contributed by atoms with Gasteiger partial charge in [0.15, 0.2) is 0 Å². The highest BCUT2D eigenvalue weighted by molar-refractivity contribution is 5.78. The third-order valence-electron chi connectivity index (χ3n) is 3.00. The van der Waals surface area contributed by atoms with Gasteiger partial charge in [0.25, 0.3) is 0 Å². The van der Waals surface area contributed by atoms with Gasteiger partial charge in [0, 0.05) is 38.6 Å². The fraction of sp³-hybridized carbons (Fsp3) is 0.867. The van der Waals surface area contributed by atoms with Gasteiger partial charge in [-0.25, -0.2) is 0 Å². The Labute approximate surface area is 128 Å². The fourth-order valence-electron chi connectivity index (χ4n) is 1.49. The molecule has 0 aliphatic carbocycles. The molecule has 124 valence electrons. The van der Waals surface area contributed by atoms with E-state index >= 15 is 0 Å². The zero-order valence-corrected chi connectivity index (χ0v) is 14.5. The average molecular weight is 301 g/mol. The van der Waals surface area contributed by atoms with Crippen LogP contribution in [-0.4, -0.2) is 67.7 Å². The van der Waals surface area contributed by atoms with Gasteiger partial charge in [0.2, 0.25) is 11.8 Å². The van der Waals surface area contributed by atoms with E-state index in [9.17, 15) is 9.59 Å². The summed E-state index contributed by atoms with van der Waals surface area (Å²) in [5.74, 6) is -0.0274. The second-order valence-corrected chi connectivity index (χ2v) is 6.65. The van der Waals surface area contributed by atoms with Gasteiger partial charge >= 0.3 is 0 Å². The maximum Gasteiger partial charge on any atom is 0.248 e. The number of rotatable bonds is 8. The molecule has 0 atom stereocenters. The number of carbonyl (C=O) groups is 2. The lowest BCUT2D eigenvalue weighted by Crippen LogP contribution is -2.41. The number of ether oxygens (including phenoxy) is 1. The molecule has 21 heavy (non-hydrogen) atoms. The smallest absolute Gasteiger partial charge is 0.248 e. The largest absolute Gasteiger partial charge is 0.356 e. The molecule has 0 saturated heterocycles. The third kappa shape index (κ3) is 9.42. The van der Waals surface area contributed by atoms with E-state index in [2.05, 4.69) is 5.32 Å². The summed E-state index contributed by atoms with van der Waals surface area (Å²) in [6.45, 7) is 11.2. The molecule has 0 unspecified atom stereocenters. The van der Waals surface area contributed by atoms with Crippen LogP contribution < -0.4 is 5.32 Å². The van der Waals surface area contributed by atoms with Crippen LogP contribution in [0.3, 0.4) is 0 Å². The highest BCUT2D eigenvalue weighted by Gasteiger charge is 2.15. The number of likely N-dealkylation sites (N-methyl/N-ethyl adjacent to an activating group) is 2. The van der Waals surface area contributed by atoms with Crippen LogP contribution in [0.15, 0.2) is 0 Å². The molecule has 0 radical (unpaired) electrons. The minimum absolute atomic E-state index is 0.0252. The van der Waals surface area contributed by atoms with E-state index in [1.54, 1.807) is 23.9 Å². The molecule has 0 fully saturated rings. The van der Waals surface area contributed by atoms with Crippen molar-refractivity contribution in [3.8, 4) is 0 Å². The van der Waals surface area contributed by atoms with E-state index in [0.29, 0.717) is 19.8 Å². The summed E-state index contributed by atoms with van der Waals surface area (Å²) in [7, 11) is 3.47. The maximum absolute atomic E-state index is 11.9. The summed E-state index contributed by atoms with van der Waals surface area (Å²) in [6.07, 6.45) is 0. The van der Waals surface area contributed by atoms with Crippen LogP contribution in [0.4, 0.5) is 0 Å². The topological polar surface area (TPSA) is 61.9 Å². The fourth-order valence-corrected chi connectivity index (χ4v) is 1.49. The van der Waals surface area contributed by atoms with Gasteiger partial charge in [0.1, 0.15) is 6.61 Å². The molecular weight excluding hydrogens is 270 g/mol. The zero-order chi connectivity index (χ0) is 16.6. The van der Waals surface area contributed by atoms with Crippen molar-refractivity contribution in [3.63, 3.8) is 0 Å². The van der Waals surface area contributed by atoms with Gasteiger partial charge in [-0.05, 0) is 20.8 Å². The van der Waals surface area contributed by atoms with Crippen molar-refractivity contribution in [2.75, 3.05) is 40.5 Å². The monoisotopic (exact) mass is 301 g/mol. The van der Waals surface area contributed by atoms with Crippen molar-refractivity contribution in [1.82, 2.24) is 15.1 Å². The molecule has 6 heteroatoms. The Morgan fingerprint density at radius 2 is 1.62 bits per heavy atom. The normalized spacial score (nSPS) is 11.6. The van der Waals surface area contributed by atoms with E-state index in [4.69, 9.17) is 4.74 Å². The molecule has 0 aliphatic rings. The van der Waals surface area contributed by atoms with Gasteiger partial charge in [-0.2, -0.15) is 0 Å².